The van der Waals surface area contributed by atoms with Crippen LogP contribution in [-0.2, 0) is 0 Å². The third-order valence-electron chi connectivity index (χ3n) is 7.24. The van der Waals surface area contributed by atoms with Crippen molar-refractivity contribution in [2.45, 2.75) is 0 Å². The number of rotatable bonds is 9. The van der Waals surface area contributed by atoms with E-state index in [1.165, 1.54) is 31.8 Å². The van der Waals surface area contributed by atoms with Gasteiger partial charge in [-0.05, 0) is 60.6 Å². The van der Waals surface area contributed by atoms with Crippen LogP contribution in [0.25, 0.3) is 11.1 Å². The third kappa shape index (κ3) is 5.62. The van der Waals surface area contributed by atoms with Crippen LogP contribution in [0, 0.1) is 0 Å². The highest BCUT2D eigenvalue weighted by Crippen LogP contribution is 2.46. The van der Waals surface area contributed by atoms with E-state index in [4.69, 9.17) is 9.47 Å². The van der Waals surface area contributed by atoms with Crippen molar-refractivity contribution in [1.29, 1.82) is 0 Å². The minimum Gasteiger partial charge on any atom is -0.496 e. The average Bonchev–Trinajstić information content (AvgIpc) is 3.07. The zero-order chi connectivity index (χ0) is 28.7. The van der Waals surface area contributed by atoms with Crippen molar-refractivity contribution in [1.82, 2.24) is 0 Å². The van der Waals surface area contributed by atoms with E-state index in [1.54, 1.807) is 14.2 Å². The van der Waals surface area contributed by atoms with Crippen LogP contribution in [-0.4, -0.2) is 14.2 Å². The van der Waals surface area contributed by atoms with Crippen LogP contribution in [0.15, 0.2) is 158 Å². The second-order valence-corrected chi connectivity index (χ2v) is 14.1. The van der Waals surface area contributed by atoms with Gasteiger partial charge in [-0.3, -0.25) is 0 Å². The predicted molar refractivity (Wildman–Crippen MR) is 182 cm³/mol. The van der Waals surface area contributed by atoms with Gasteiger partial charge in [-0.25, -0.2) is 0 Å². The van der Waals surface area contributed by atoms with Gasteiger partial charge >= 0.3 is 0 Å². The first-order chi connectivity index (χ1) is 20.8. The quantitative estimate of drug-likeness (QED) is 0.173. The van der Waals surface area contributed by atoms with Crippen molar-refractivity contribution < 1.29 is 9.47 Å². The SMILES string of the molecule is COc1ccccc1-c1c(OC)ccc(P(c2ccccc2)c2ccccc2)c1P(c1ccccc1)c1ccccc1. The van der Waals surface area contributed by atoms with Gasteiger partial charge in [0.05, 0.1) is 14.2 Å². The van der Waals surface area contributed by atoms with Crippen molar-refractivity contribution in [2.24, 2.45) is 0 Å². The lowest BCUT2D eigenvalue weighted by Gasteiger charge is -2.31. The summed E-state index contributed by atoms with van der Waals surface area (Å²) in [4.78, 5) is 0. The molecule has 0 aliphatic carbocycles. The van der Waals surface area contributed by atoms with Crippen LogP contribution in [0.2, 0.25) is 0 Å². The number of ether oxygens (including phenoxy) is 2. The minimum atomic E-state index is -0.983. The molecule has 0 aliphatic rings. The summed E-state index contributed by atoms with van der Waals surface area (Å²) in [5, 5.41) is 7.83. The molecule has 0 aliphatic heterocycles. The smallest absolute Gasteiger partial charge is 0.127 e. The molecule has 0 spiro atoms. The van der Waals surface area contributed by atoms with E-state index < -0.39 is 15.8 Å². The van der Waals surface area contributed by atoms with Gasteiger partial charge in [0.1, 0.15) is 11.5 Å². The third-order valence-corrected chi connectivity index (χ3v) is 12.4. The molecule has 6 rings (SSSR count). The lowest BCUT2D eigenvalue weighted by Crippen LogP contribution is -2.36. The van der Waals surface area contributed by atoms with E-state index in [2.05, 4.69) is 146 Å². The molecule has 0 amide bonds. The zero-order valence-electron chi connectivity index (χ0n) is 23.7. The van der Waals surface area contributed by atoms with Crippen LogP contribution in [0.3, 0.4) is 0 Å². The number of benzene rings is 6. The van der Waals surface area contributed by atoms with Crippen LogP contribution < -0.4 is 41.3 Å². The fourth-order valence-corrected chi connectivity index (χ4v) is 10.8. The van der Waals surface area contributed by atoms with E-state index in [-0.39, 0.29) is 0 Å². The summed E-state index contributed by atoms with van der Waals surface area (Å²) in [6, 6.07) is 56.4. The summed E-state index contributed by atoms with van der Waals surface area (Å²) in [6.45, 7) is 0. The number of hydrogen-bond donors (Lipinski definition) is 0. The van der Waals surface area contributed by atoms with Crippen molar-refractivity contribution in [3.63, 3.8) is 0 Å². The first kappa shape index (κ1) is 27.9. The second kappa shape index (κ2) is 13.2. The van der Waals surface area contributed by atoms with Crippen molar-refractivity contribution in [3.8, 4) is 22.6 Å². The molecule has 0 unspecified atom stereocenters. The van der Waals surface area contributed by atoms with E-state index in [9.17, 15) is 0 Å². The molecule has 0 aromatic heterocycles. The monoisotopic (exact) mass is 582 g/mol. The Hall–Kier alpha value is -4.22. The maximum Gasteiger partial charge on any atom is 0.127 e. The maximum atomic E-state index is 6.17. The van der Waals surface area contributed by atoms with E-state index >= 15 is 0 Å². The number of para-hydroxylation sites is 1. The van der Waals surface area contributed by atoms with Crippen molar-refractivity contribution in [2.75, 3.05) is 14.2 Å². The summed E-state index contributed by atoms with van der Waals surface area (Å²) >= 11 is 0. The molecular weight excluding hydrogens is 550 g/mol. The van der Waals surface area contributed by atoms with Crippen molar-refractivity contribution >= 4 is 47.7 Å². The highest BCUT2D eigenvalue weighted by atomic mass is 31.1. The van der Waals surface area contributed by atoms with Gasteiger partial charge in [0, 0.05) is 16.4 Å². The van der Waals surface area contributed by atoms with Gasteiger partial charge < -0.3 is 9.47 Å². The minimum absolute atomic E-state index is 0.828. The summed E-state index contributed by atoms with van der Waals surface area (Å²) in [5.41, 5.74) is 2.12. The molecule has 0 saturated carbocycles. The summed E-state index contributed by atoms with van der Waals surface area (Å²) in [7, 11) is 1.63. The standard InChI is InChI=1S/C38H32O2P2/c1-39-34-26-16-15-25-33(34)37-35(40-2)27-28-36(41(29-17-7-3-8-18-29)30-19-9-4-10-20-30)38(37)42(31-21-11-5-12-22-31)32-23-13-6-14-24-32/h3-28H,1-2H3. The molecule has 6 aromatic carbocycles. The molecule has 4 heteroatoms. The highest BCUT2D eigenvalue weighted by Gasteiger charge is 2.31. The van der Waals surface area contributed by atoms with Gasteiger partial charge in [-0.15, -0.1) is 0 Å². The molecule has 0 N–H and O–H groups in total. The van der Waals surface area contributed by atoms with Crippen LogP contribution in [0.5, 0.6) is 11.5 Å². The lowest BCUT2D eigenvalue weighted by molar-refractivity contribution is 0.410. The number of hydrogen-bond acceptors (Lipinski definition) is 2. The second-order valence-electron chi connectivity index (χ2n) is 9.72. The van der Waals surface area contributed by atoms with Gasteiger partial charge in [-0.1, -0.05) is 140 Å². The van der Waals surface area contributed by atoms with Gasteiger partial charge in [0.2, 0.25) is 0 Å². The normalized spacial score (nSPS) is 11.0. The Balaban J connectivity index is 1.78. The molecule has 206 valence electrons. The first-order valence-corrected chi connectivity index (χ1v) is 16.6. The van der Waals surface area contributed by atoms with Gasteiger partial charge in [0.15, 0.2) is 0 Å². The molecule has 0 bridgehead atoms. The molecule has 0 heterocycles. The van der Waals surface area contributed by atoms with Gasteiger partial charge in [0.25, 0.3) is 0 Å². The maximum absolute atomic E-state index is 6.17. The molecule has 0 fully saturated rings. The lowest BCUT2D eigenvalue weighted by atomic mass is 10.0. The van der Waals surface area contributed by atoms with Crippen molar-refractivity contribution in [3.05, 3.63) is 158 Å². The van der Waals surface area contributed by atoms with E-state index in [0.29, 0.717) is 0 Å². The summed E-state index contributed by atoms with van der Waals surface area (Å²) in [6.07, 6.45) is 0. The molecular formula is C38H32O2P2. The Bertz CT molecular complexity index is 1660. The molecule has 0 saturated heterocycles. The van der Waals surface area contributed by atoms with Crippen LogP contribution >= 0.6 is 15.8 Å². The molecule has 0 atom stereocenters. The Kier molecular flexibility index (Phi) is 8.76. The summed E-state index contributed by atoms with van der Waals surface area (Å²) < 4.78 is 12.1. The Morgan fingerprint density at radius 2 is 0.786 bits per heavy atom. The number of methoxy groups -OCH3 is 2. The van der Waals surface area contributed by atoms with Gasteiger partial charge in [-0.2, -0.15) is 0 Å². The Morgan fingerprint density at radius 3 is 1.24 bits per heavy atom. The first-order valence-electron chi connectivity index (χ1n) is 13.9. The fourth-order valence-electron chi connectivity index (χ4n) is 5.39. The average molecular weight is 583 g/mol. The van der Waals surface area contributed by atoms with Crippen LogP contribution in [0.4, 0.5) is 0 Å². The zero-order valence-corrected chi connectivity index (χ0v) is 25.5. The molecule has 0 radical (unpaired) electrons. The topological polar surface area (TPSA) is 18.5 Å². The molecule has 6 aromatic rings. The Labute approximate surface area is 251 Å². The van der Waals surface area contributed by atoms with E-state index in [0.717, 1.165) is 22.6 Å². The largest absolute Gasteiger partial charge is 0.496 e. The van der Waals surface area contributed by atoms with Crippen LogP contribution in [0.1, 0.15) is 0 Å². The molecule has 2 nitrogen and oxygen atoms in total. The fraction of sp³-hybridized carbons (Fsp3) is 0.0526. The Morgan fingerprint density at radius 1 is 0.381 bits per heavy atom. The highest BCUT2D eigenvalue weighted by molar-refractivity contribution is 7.85. The summed E-state index contributed by atoms with van der Waals surface area (Å²) in [5.74, 6) is 1.67. The van der Waals surface area contributed by atoms with E-state index in [1.807, 2.05) is 12.1 Å². The molecule has 42 heavy (non-hydrogen) atoms. The predicted octanol–water partition coefficient (Wildman–Crippen LogP) is 6.89.